The number of hydrogen-bond acceptors (Lipinski definition) is 2. The highest BCUT2D eigenvalue weighted by atomic mass is 16.5. The number of benzene rings is 2. The first-order chi connectivity index (χ1) is 12.2. The molecule has 0 saturated carbocycles. The maximum atomic E-state index is 13.2. The fourth-order valence-electron chi connectivity index (χ4n) is 3.53. The third kappa shape index (κ3) is 4.29. The lowest BCUT2D eigenvalue weighted by Crippen LogP contribution is -2.43. The number of amides is 1. The van der Waals surface area contributed by atoms with Crippen molar-refractivity contribution in [2.75, 3.05) is 19.8 Å². The van der Waals surface area contributed by atoms with Crippen LogP contribution >= 0.6 is 0 Å². The van der Waals surface area contributed by atoms with Crippen molar-refractivity contribution in [1.82, 2.24) is 4.90 Å². The Morgan fingerprint density at radius 1 is 1.08 bits per heavy atom. The zero-order chi connectivity index (χ0) is 17.6. The summed E-state index contributed by atoms with van der Waals surface area (Å²) >= 11 is 0. The lowest BCUT2D eigenvalue weighted by atomic mass is 9.97. The number of rotatable bonds is 5. The average Bonchev–Trinajstić information content (AvgIpc) is 2.65. The summed E-state index contributed by atoms with van der Waals surface area (Å²) in [6, 6.07) is 16.9. The van der Waals surface area contributed by atoms with Crippen LogP contribution in [0.1, 0.15) is 46.8 Å². The maximum absolute atomic E-state index is 13.2. The molecule has 1 fully saturated rings. The highest BCUT2D eigenvalue weighted by Crippen LogP contribution is 2.21. The minimum absolute atomic E-state index is 0.150. The molecule has 1 heterocycles. The number of ether oxygens (including phenoxy) is 1. The Balaban J connectivity index is 1.83. The van der Waals surface area contributed by atoms with Crippen molar-refractivity contribution >= 4 is 5.91 Å². The van der Waals surface area contributed by atoms with E-state index in [1.165, 1.54) is 11.1 Å². The minimum atomic E-state index is 0.150. The van der Waals surface area contributed by atoms with Gasteiger partial charge in [0.2, 0.25) is 0 Å². The van der Waals surface area contributed by atoms with E-state index in [4.69, 9.17) is 4.74 Å². The van der Waals surface area contributed by atoms with E-state index in [1.54, 1.807) is 0 Å². The van der Waals surface area contributed by atoms with E-state index < -0.39 is 0 Å². The van der Waals surface area contributed by atoms with Gasteiger partial charge in [-0.1, -0.05) is 48.0 Å². The highest BCUT2D eigenvalue weighted by molar-refractivity contribution is 5.96. The van der Waals surface area contributed by atoms with Gasteiger partial charge >= 0.3 is 0 Å². The third-order valence-corrected chi connectivity index (χ3v) is 5.00. The van der Waals surface area contributed by atoms with Crippen LogP contribution in [0.15, 0.2) is 48.5 Å². The predicted octanol–water partition coefficient (Wildman–Crippen LogP) is 4.23. The van der Waals surface area contributed by atoms with Crippen molar-refractivity contribution in [3.05, 3.63) is 70.8 Å². The number of carbonyl (C=O) groups is 1. The van der Waals surface area contributed by atoms with Crippen LogP contribution in [0.5, 0.6) is 0 Å². The summed E-state index contributed by atoms with van der Waals surface area (Å²) in [4.78, 5) is 15.2. The van der Waals surface area contributed by atoms with E-state index in [-0.39, 0.29) is 5.91 Å². The van der Waals surface area contributed by atoms with E-state index in [0.717, 1.165) is 50.1 Å². The van der Waals surface area contributed by atoms with Gasteiger partial charge in [0.1, 0.15) is 0 Å². The minimum Gasteiger partial charge on any atom is -0.381 e. The molecule has 0 spiro atoms. The molecule has 0 N–H and O–H groups in total. The van der Waals surface area contributed by atoms with Crippen molar-refractivity contribution in [3.8, 4) is 0 Å². The first-order valence-electron chi connectivity index (χ1n) is 9.21. The molecule has 0 atom stereocenters. The first kappa shape index (κ1) is 17.7. The van der Waals surface area contributed by atoms with Gasteiger partial charge in [-0.05, 0) is 50.3 Å². The van der Waals surface area contributed by atoms with E-state index >= 15 is 0 Å². The van der Waals surface area contributed by atoms with Crippen LogP contribution in [0.25, 0.3) is 0 Å². The summed E-state index contributed by atoms with van der Waals surface area (Å²) < 4.78 is 5.45. The number of carbonyl (C=O) groups excluding carboxylic acids is 1. The summed E-state index contributed by atoms with van der Waals surface area (Å²) in [5.41, 5.74) is 4.42. The van der Waals surface area contributed by atoms with Gasteiger partial charge in [0.15, 0.2) is 0 Å². The van der Waals surface area contributed by atoms with E-state index in [0.29, 0.717) is 6.04 Å². The fourth-order valence-corrected chi connectivity index (χ4v) is 3.53. The maximum Gasteiger partial charge on any atom is 0.254 e. The van der Waals surface area contributed by atoms with Crippen molar-refractivity contribution < 1.29 is 9.53 Å². The van der Waals surface area contributed by atoms with Gasteiger partial charge in [-0.2, -0.15) is 0 Å². The highest BCUT2D eigenvalue weighted by Gasteiger charge is 2.26. The topological polar surface area (TPSA) is 29.5 Å². The van der Waals surface area contributed by atoms with Gasteiger partial charge in [-0.25, -0.2) is 0 Å². The monoisotopic (exact) mass is 337 g/mol. The van der Waals surface area contributed by atoms with Crippen LogP contribution in [0.3, 0.4) is 0 Å². The van der Waals surface area contributed by atoms with Gasteiger partial charge in [0.05, 0.1) is 0 Å². The Labute approximate surface area is 150 Å². The lowest BCUT2D eigenvalue weighted by molar-refractivity contribution is 0.0305. The molecule has 1 aliphatic rings. The Morgan fingerprint density at radius 2 is 1.76 bits per heavy atom. The van der Waals surface area contributed by atoms with Crippen LogP contribution < -0.4 is 0 Å². The first-order valence-corrected chi connectivity index (χ1v) is 9.21. The van der Waals surface area contributed by atoms with E-state index in [1.807, 2.05) is 23.1 Å². The molecular weight excluding hydrogens is 310 g/mol. The van der Waals surface area contributed by atoms with Gasteiger partial charge in [0, 0.05) is 31.4 Å². The summed E-state index contributed by atoms with van der Waals surface area (Å²) in [6.07, 6.45) is 2.65. The zero-order valence-electron chi connectivity index (χ0n) is 15.2. The van der Waals surface area contributed by atoms with Gasteiger partial charge in [0.25, 0.3) is 5.91 Å². The van der Waals surface area contributed by atoms with Crippen molar-refractivity contribution in [1.29, 1.82) is 0 Å². The lowest BCUT2D eigenvalue weighted by Gasteiger charge is -2.34. The molecule has 1 aliphatic heterocycles. The number of nitrogens with zero attached hydrogens (tertiary/aromatic N) is 1. The number of aryl methyl sites for hydroxylation is 1. The molecule has 25 heavy (non-hydrogen) atoms. The largest absolute Gasteiger partial charge is 0.381 e. The molecule has 2 aromatic rings. The molecule has 0 aliphatic carbocycles. The van der Waals surface area contributed by atoms with Crippen molar-refractivity contribution in [2.45, 2.75) is 39.2 Å². The van der Waals surface area contributed by atoms with Crippen LogP contribution in [-0.2, 0) is 11.2 Å². The molecule has 2 aromatic carbocycles. The van der Waals surface area contributed by atoms with Crippen LogP contribution in [-0.4, -0.2) is 36.6 Å². The van der Waals surface area contributed by atoms with Gasteiger partial charge in [-0.3, -0.25) is 4.79 Å². The Morgan fingerprint density at radius 3 is 2.44 bits per heavy atom. The predicted molar refractivity (Wildman–Crippen MR) is 101 cm³/mol. The molecule has 0 radical (unpaired) electrons. The molecule has 1 saturated heterocycles. The van der Waals surface area contributed by atoms with Crippen LogP contribution in [0.4, 0.5) is 0 Å². The molecular formula is C22H27NO2. The Kier molecular flexibility index (Phi) is 5.87. The van der Waals surface area contributed by atoms with Crippen molar-refractivity contribution in [2.24, 2.45) is 0 Å². The molecule has 0 bridgehead atoms. The molecule has 0 aromatic heterocycles. The number of hydrogen-bond donors (Lipinski definition) is 0. The quantitative estimate of drug-likeness (QED) is 0.817. The van der Waals surface area contributed by atoms with E-state index in [9.17, 15) is 4.79 Å². The van der Waals surface area contributed by atoms with Crippen molar-refractivity contribution in [3.63, 3.8) is 0 Å². The fraction of sp³-hybridized carbons (Fsp3) is 0.409. The average molecular weight is 337 g/mol. The van der Waals surface area contributed by atoms with Gasteiger partial charge in [-0.15, -0.1) is 0 Å². The Bertz CT molecular complexity index is 702. The molecule has 3 rings (SSSR count). The smallest absolute Gasteiger partial charge is 0.254 e. The normalized spacial score (nSPS) is 15.1. The summed E-state index contributed by atoms with van der Waals surface area (Å²) in [6.45, 7) is 6.39. The Hall–Kier alpha value is -2.13. The summed E-state index contributed by atoms with van der Waals surface area (Å²) in [7, 11) is 0. The standard InChI is InChI=1S/C22H27NO2/c1-3-23(20-12-14-25-15-13-20)22(24)21-7-5-4-6-19(21)16-18-10-8-17(2)9-11-18/h4-11,20H,3,12-16H2,1-2H3. The SMILES string of the molecule is CCN(C(=O)c1ccccc1Cc1ccc(C)cc1)C1CCOCC1. The van der Waals surface area contributed by atoms with Crippen LogP contribution in [0, 0.1) is 6.92 Å². The summed E-state index contributed by atoms with van der Waals surface area (Å²) in [5.74, 6) is 0.150. The molecule has 3 nitrogen and oxygen atoms in total. The zero-order valence-corrected chi connectivity index (χ0v) is 15.2. The van der Waals surface area contributed by atoms with Crippen LogP contribution in [0.2, 0.25) is 0 Å². The van der Waals surface area contributed by atoms with Gasteiger partial charge < -0.3 is 9.64 Å². The molecule has 132 valence electrons. The van der Waals surface area contributed by atoms with E-state index in [2.05, 4.69) is 44.2 Å². The summed E-state index contributed by atoms with van der Waals surface area (Å²) in [5, 5.41) is 0. The third-order valence-electron chi connectivity index (χ3n) is 5.00. The molecule has 1 amide bonds. The molecule has 3 heteroatoms. The second-order valence-electron chi connectivity index (χ2n) is 6.75. The second kappa shape index (κ2) is 8.30. The molecule has 0 unspecified atom stereocenters. The second-order valence-corrected chi connectivity index (χ2v) is 6.75.